The van der Waals surface area contributed by atoms with Crippen LogP contribution in [-0.4, -0.2) is 28.7 Å². The van der Waals surface area contributed by atoms with Gasteiger partial charge in [-0.1, -0.05) is 13.8 Å². The molecule has 0 aromatic rings. The van der Waals surface area contributed by atoms with E-state index in [0.29, 0.717) is 6.42 Å². The molecule has 1 atom stereocenters. The van der Waals surface area contributed by atoms with Crippen LogP contribution in [0.1, 0.15) is 27.2 Å². The maximum Gasteiger partial charge on any atom is 0.326 e. The predicted octanol–water partition coefficient (Wildman–Crippen LogP) is 1.22. The lowest BCUT2D eigenvalue weighted by Crippen LogP contribution is -2.44. The fourth-order valence-corrected chi connectivity index (χ4v) is 1.07. The van der Waals surface area contributed by atoms with Crippen molar-refractivity contribution in [2.45, 2.75) is 33.2 Å². The molecule has 0 saturated carbocycles. The van der Waals surface area contributed by atoms with Gasteiger partial charge in [0.25, 0.3) is 5.91 Å². The van der Waals surface area contributed by atoms with Crippen LogP contribution >= 0.6 is 11.8 Å². The Morgan fingerprint density at radius 3 is 2.33 bits per heavy atom. The molecule has 0 aliphatic heterocycles. The standard InChI is InChI=1S/C9H15ClN2O3/c1-5(2)4-7(9(14)15)11-8(13)6(3)12-10/h5,7H,4H2,1-3H3,(H,11,13)(H,14,15)/b12-6+. The highest BCUT2D eigenvalue weighted by Crippen LogP contribution is 2.05. The Morgan fingerprint density at radius 1 is 1.47 bits per heavy atom. The Kier molecular flexibility index (Phi) is 5.93. The van der Waals surface area contributed by atoms with Crippen molar-refractivity contribution >= 4 is 29.4 Å². The monoisotopic (exact) mass is 234 g/mol. The number of carbonyl (C=O) groups is 2. The molecule has 6 heteroatoms. The second-order valence-corrected chi connectivity index (χ2v) is 3.83. The Hall–Kier alpha value is -1.10. The number of carboxylic acid groups (broad SMARTS) is 1. The second kappa shape index (κ2) is 6.40. The fourth-order valence-electron chi connectivity index (χ4n) is 0.994. The number of hydrogen-bond acceptors (Lipinski definition) is 3. The zero-order valence-electron chi connectivity index (χ0n) is 8.95. The van der Waals surface area contributed by atoms with Crippen molar-refractivity contribution in [1.82, 2.24) is 5.32 Å². The van der Waals surface area contributed by atoms with Gasteiger partial charge in [-0.2, -0.15) is 4.51 Å². The van der Waals surface area contributed by atoms with Gasteiger partial charge in [0.1, 0.15) is 11.8 Å². The summed E-state index contributed by atoms with van der Waals surface area (Å²) in [6.07, 6.45) is 0.372. The van der Waals surface area contributed by atoms with Crippen molar-refractivity contribution in [3.63, 3.8) is 0 Å². The van der Waals surface area contributed by atoms with Crippen LogP contribution < -0.4 is 5.32 Å². The zero-order valence-corrected chi connectivity index (χ0v) is 9.71. The third-order valence-corrected chi connectivity index (χ3v) is 2.02. The first kappa shape index (κ1) is 13.9. The fraction of sp³-hybridized carbons (Fsp3) is 0.667. The minimum atomic E-state index is -1.06. The molecule has 0 aliphatic rings. The summed E-state index contributed by atoms with van der Waals surface area (Å²) in [6, 6.07) is -0.897. The molecule has 0 fully saturated rings. The average Bonchev–Trinajstić information content (AvgIpc) is 2.14. The summed E-state index contributed by atoms with van der Waals surface area (Å²) in [7, 11) is 0. The van der Waals surface area contributed by atoms with Crippen LogP contribution in [0.25, 0.3) is 0 Å². The molecule has 15 heavy (non-hydrogen) atoms. The molecule has 0 saturated heterocycles. The number of hydrogen-bond donors (Lipinski definition) is 2. The van der Waals surface area contributed by atoms with E-state index in [0.717, 1.165) is 0 Å². The normalized spacial score (nSPS) is 13.8. The molecule has 86 valence electrons. The van der Waals surface area contributed by atoms with Gasteiger partial charge >= 0.3 is 5.97 Å². The highest BCUT2D eigenvalue weighted by molar-refractivity contribution is 6.42. The Labute approximate surface area is 93.6 Å². The molecule has 0 rings (SSSR count). The smallest absolute Gasteiger partial charge is 0.326 e. The number of amides is 1. The van der Waals surface area contributed by atoms with Crippen LogP contribution in [0.4, 0.5) is 0 Å². The van der Waals surface area contributed by atoms with Crippen molar-refractivity contribution in [2.75, 3.05) is 0 Å². The molecule has 2 N–H and O–H groups in total. The third kappa shape index (κ3) is 5.37. The topological polar surface area (TPSA) is 78.8 Å². The lowest BCUT2D eigenvalue weighted by atomic mass is 10.0. The second-order valence-electron chi connectivity index (χ2n) is 3.66. The summed E-state index contributed by atoms with van der Waals surface area (Å²) in [5.74, 6) is -1.43. The zero-order chi connectivity index (χ0) is 12.0. The van der Waals surface area contributed by atoms with Crippen LogP contribution in [0.2, 0.25) is 0 Å². The number of carbonyl (C=O) groups excluding carboxylic acids is 1. The molecule has 1 unspecified atom stereocenters. The van der Waals surface area contributed by atoms with Crippen molar-refractivity contribution in [2.24, 2.45) is 10.4 Å². The summed E-state index contributed by atoms with van der Waals surface area (Å²) in [4.78, 5) is 22.1. The number of rotatable bonds is 5. The Morgan fingerprint density at radius 2 is 2.00 bits per heavy atom. The molecular weight excluding hydrogens is 220 g/mol. The summed E-state index contributed by atoms with van der Waals surface area (Å²) in [5, 5.41) is 11.2. The Bertz CT molecular complexity index is 277. The van der Waals surface area contributed by atoms with Crippen molar-refractivity contribution in [1.29, 1.82) is 0 Å². The molecule has 0 aliphatic carbocycles. The molecule has 0 aromatic carbocycles. The van der Waals surface area contributed by atoms with E-state index in [1.54, 1.807) is 0 Å². The van der Waals surface area contributed by atoms with Gasteiger partial charge in [-0.15, -0.1) is 0 Å². The molecule has 0 radical (unpaired) electrons. The van der Waals surface area contributed by atoms with Crippen LogP contribution in [0.3, 0.4) is 0 Å². The molecular formula is C9H15ClN2O3. The molecule has 0 heterocycles. The van der Waals surface area contributed by atoms with Gasteiger partial charge in [-0.3, -0.25) is 4.79 Å². The van der Waals surface area contributed by atoms with E-state index in [2.05, 4.69) is 9.83 Å². The van der Waals surface area contributed by atoms with E-state index in [4.69, 9.17) is 16.9 Å². The quantitative estimate of drug-likeness (QED) is 0.702. The number of halogens is 1. The van der Waals surface area contributed by atoms with Crippen LogP contribution in [-0.2, 0) is 9.59 Å². The number of nitrogens with one attached hydrogen (secondary N) is 1. The van der Waals surface area contributed by atoms with Gasteiger partial charge in [0.05, 0.1) is 0 Å². The van der Waals surface area contributed by atoms with E-state index >= 15 is 0 Å². The number of carboxylic acids is 1. The maximum atomic E-state index is 11.3. The van der Waals surface area contributed by atoms with Gasteiger partial charge in [0.15, 0.2) is 0 Å². The van der Waals surface area contributed by atoms with E-state index in [1.807, 2.05) is 13.8 Å². The van der Waals surface area contributed by atoms with Gasteiger partial charge in [0.2, 0.25) is 0 Å². The lowest BCUT2D eigenvalue weighted by Gasteiger charge is -2.15. The van der Waals surface area contributed by atoms with Crippen molar-refractivity contribution in [3.05, 3.63) is 0 Å². The number of aliphatic carboxylic acids is 1. The molecule has 0 spiro atoms. The first-order chi connectivity index (χ1) is 6.88. The van der Waals surface area contributed by atoms with Gasteiger partial charge < -0.3 is 10.4 Å². The van der Waals surface area contributed by atoms with E-state index in [1.165, 1.54) is 6.92 Å². The van der Waals surface area contributed by atoms with Crippen molar-refractivity contribution < 1.29 is 14.7 Å². The van der Waals surface area contributed by atoms with Crippen molar-refractivity contribution in [3.8, 4) is 0 Å². The molecule has 0 bridgehead atoms. The van der Waals surface area contributed by atoms with Gasteiger partial charge in [-0.05, 0) is 19.3 Å². The van der Waals surface area contributed by atoms with E-state index < -0.39 is 17.9 Å². The molecule has 5 nitrogen and oxygen atoms in total. The summed E-state index contributed by atoms with van der Waals surface area (Å²) in [5.41, 5.74) is 0.0478. The minimum Gasteiger partial charge on any atom is -0.480 e. The lowest BCUT2D eigenvalue weighted by molar-refractivity contribution is -0.141. The average molecular weight is 235 g/mol. The molecule has 1 amide bonds. The molecule has 0 aromatic heterocycles. The van der Waals surface area contributed by atoms with Crippen LogP contribution in [0.15, 0.2) is 4.51 Å². The van der Waals surface area contributed by atoms with Gasteiger partial charge in [0, 0.05) is 11.8 Å². The summed E-state index contributed by atoms with van der Waals surface area (Å²) in [6.45, 7) is 5.17. The highest BCUT2D eigenvalue weighted by Gasteiger charge is 2.21. The largest absolute Gasteiger partial charge is 0.480 e. The highest BCUT2D eigenvalue weighted by atomic mass is 35.5. The van der Waals surface area contributed by atoms with Gasteiger partial charge in [-0.25, -0.2) is 4.79 Å². The van der Waals surface area contributed by atoms with E-state index in [-0.39, 0.29) is 11.6 Å². The minimum absolute atomic E-state index is 0.0478. The Balaban J connectivity index is 4.42. The predicted molar refractivity (Wildman–Crippen MR) is 58.0 cm³/mol. The maximum absolute atomic E-state index is 11.3. The summed E-state index contributed by atoms with van der Waals surface area (Å²) >= 11 is 5.10. The van der Waals surface area contributed by atoms with Crippen LogP contribution in [0, 0.1) is 5.92 Å². The summed E-state index contributed by atoms with van der Waals surface area (Å²) < 4.78 is 3.16. The van der Waals surface area contributed by atoms with E-state index in [9.17, 15) is 9.59 Å². The third-order valence-electron chi connectivity index (χ3n) is 1.77. The SMILES string of the molecule is C/C(=N\Cl)C(=O)NC(CC(C)C)C(=O)O. The number of nitrogens with zero attached hydrogens (tertiary/aromatic N) is 1. The first-order valence-corrected chi connectivity index (χ1v) is 4.91. The first-order valence-electron chi connectivity index (χ1n) is 4.57. The van der Waals surface area contributed by atoms with Crippen LogP contribution in [0.5, 0.6) is 0 Å².